The van der Waals surface area contributed by atoms with Crippen LogP contribution in [0.15, 0.2) is 59.8 Å². The van der Waals surface area contributed by atoms with E-state index in [-0.39, 0.29) is 0 Å². The Morgan fingerprint density at radius 1 is 0.812 bits per heavy atom. The molecule has 0 heterocycles. The van der Waals surface area contributed by atoms with E-state index >= 15 is 0 Å². The van der Waals surface area contributed by atoms with Crippen molar-refractivity contribution >= 4 is 17.1 Å². The van der Waals surface area contributed by atoms with Crippen molar-refractivity contribution in [1.82, 2.24) is 0 Å². The van der Waals surface area contributed by atoms with Crippen LogP contribution in [0.4, 0.5) is 17.1 Å². The molecule has 80 valence electrons. The van der Waals surface area contributed by atoms with Gasteiger partial charge in [0.15, 0.2) is 0 Å². The van der Waals surface area contributed by atoms with Gasteiger partial charge in [-0.05, 0) is 24.3 Å². The molecular weight excluding hydrogens is 200 g/mol. The Labute approximate surface area is 93.8 Å². The number of para-hydroxylation sites is 3. The minimum Gasteiger partial charge on any atom is -0.354 e. The van der Waals surface area contributed by atoms with Gasteiger partial charge in [-0.25, -0.2) is 0 Å². The Morgan fingerprint density at radius 3 is 2.12 bits per heavy atom. The summed E-state index contributed by atoms with van der Waals surface area (Å²) >= 11 is 0. The number of hydrogen-bond acceptors (Lipinski definition) is 3. The van der Waals surface area contributed by atoms with Gasteiger partial charge in [-0.2, -0.15) is 5.53 Å². The van der Waals surface area contributed by atoms with Crippen molar-refractivity contribution < 1.29 is 0 Å². The second kappa shape index (κ2) is 4.93. The maximum atomic E-state index is 6.80. The average molecular weight is 212 g/mol. The Bertz CT molecular complexity index is 467. The first-order valence-electron chi connectivity index (χ1n) is 4.94. The van der Waals surface area contributed by atoms with E-state index in [4.69, 9.17) is 5.53 Å². The lowest BCUT2D eigenvalue weighted by atomic mass is 10.2. The molecule has 0 saturated heterocycles. The molecule has 3 N–H and O–H groups in total. The molecule has 0 aromatic heterocycles. The Morgan fingerprint density at radius 2 is 1.44 bits per heavy atom. The van der Waals surface area contributed by atoms with Crippen LogP contribution in [0.2, 0.25) is 0 Å². The molecular formula is C12H12N4. The monoisotopic (exact) mass is 212 g/mol. The van der Waals surface area contributed by atoms with Crippen molar-refractivity contribution in [1.29, 1.82) is 5.53 Å². The first-order chi connectivity index (χ1) is 7.90. The minimum absolute atomic E-state index is 0.779. The van der Waals surface area contributed by atoms with Crippen LogP contribution in [-0.2, 0) is 0 Å². The average Bonchev–Trinajstić information content (AvgIpc) is 2.33. The lowest BCUT2D eigenvalue weighted by Crippen LogP contribution is -1.95. The number of nitrogens with one attached hydrogen (secondary N) is 3. The predicted molar refractivity (Wildman–Crippen MR) is 64.9 cm³/mol. The van der Waals surface area contributed by atoms with Crippen LogP contribution in [0, 0.1) is 5.53 Å². The summed E-state index contributed by atoms with van der Waals surface area (Å²) in [6.45, 7) is 0. The fraction of sp³-hybridized carbons (Fsp3) is 0. The quantitative estimate of drug-likeness (QED) is 0.533. The predicted octanol–water partition coefficient (Wildman–Crippen LogP) is 3.79. The van der Waals surface area contributed by atoms with E-state index in [1.807, 2.05) is 54.6 Å². The van der Waals surface area contributed by atoms with Gasteiger partial charge in [0.05, 0.1) is 11.4 Å². The van der Waals surface area contributed by atoms with Crippen molar-refractivity contribution in [3.63, 3.8) is 0 Å². The molecule has 0 saturated carbocycles. The van der Waals surface area contributed by atoms with E-state index in [1.54, 1.807) is 0 Å². The number of hydrogen-bond donors (Lipinski definition) is 3. The number of rotatable bonds is 4. The van der Waals surface area contributed by atoms with Crippen LogP contribution in [0.3, 0.4) is 0 Å². The molecule has 16 heavy (non-hydrogen) atoms. The largest absolute Gasteiger partial charge is 0.354 e. The summed E-state index contributed by atoms with van der Waals surface area (Å²) in [6.07, 6.45) is 0. The number of anilines is 3. The molecule has 2 rings (SSSR count). The lowest BCUT2D eigenvalue weighted by Gasteiger charge is -2.10. The molecule has 0 bridgehead atoms. The van der Waals surface area contributed by atoms with Crippen molar-refractivity contribution in [3.05, 3.63) is 54.6 Å². The topological polar surface area (TPSA) is 60.3 Å². The smallest absolute Gasteiger partial charge is 0.0813 e. The highest BCUT2D eigenvalue weighted by atomic mass is 15.4. The molecule has 0 radical (unpaired) electrons. The second-order valence-corrected chi connectivity index (χ2v) is 3.26. The summed E-state index contributed by atoms with van der Waals surface area (Å²) in [5.41, 5.74) is 12.1. The molecule has 0 spiro atoms. The molecule has 0 unspecified atom stereocenters. The maximum Gasteiger partial charge on any atom is 0.0813 e. The first-order valence-corrected chi connectivity index (χ1v) is 4.94. The second-order valence-electron chi connectivity index (χ2n) is 3.26. The molecule has 0 aliphatic carbocycles. The molecule has 2 aromatic rings. The van der Waals surface area contributed by atoms with Gasteiger partial charge in [0, 0.05) is 5.69 Å². The van der Waals surface area contributed by atoms with Crippen LogP contribution in [0.5, 0.6) is 0 Å². The minimum atomic E-state index is 0.779. The molecule has 2 aromatic carbocycles. The van der Waals surface area contributed by atoms with Gasteiger partial charge < -0.3 is 5.32 Å². The maximum absolute atomic E-state index is 6.80. The van der Waals surface area contributed by atoms with Crippen molar-refractivity contribution in [3.8, 4) is 0 Å². The van der Waals surface area contributed by atoms with Gasteiger partial charge in [0.25, 0.3) is 0 Å². The summed E-state index contributed by atoms with van der Waals surface area (Å²) in [6, 6.07) is 17.5. The summed E-state index contributed by atoms with van der Waals surface area (Å²) in [7, 11) is 0. The molecule has 0 atom stereocenters. The van der Waals surface area contributed by atoms with Crippen LogP contribution in [0.1, 0.15) is 0 Å². The third-order valence-electron chi connectivity index (χ3n) is 2.16. The van der Waals surface area contributed by atoms with E-state index in [2.05, 4.69) is 16.0 Å². The van der Waals surface area contributed by atoms with Crippen LogP contribution in [0.25, 0.3) is 0 Å². The van der Waals surface area contributed by atoms with E-state index < -0.39 is 0 Å². The fourth-order valence-corrected chi connectivity index (χ4v) is 1.43. The van der Waals surface area contributed by atoms with Crippen molar-refractivity contribution in [2.24, 2.45) is 5.22 Å². The summed E-state index contributed by atoms with van der Waals surface area (Å²) in [5, 5.41) is 6.42. The Balaban J connectivity index is 2.24. The van der Waals surface area contributed by atoms with Gasteiger partial charge in [-0.1, -0.05) is 35.6 Å². The first kappa shape index (κ1) is 10.2. The molecule has 0 aliphatic heterocycles. The highest BCUT2D eigenvalue weighted by Gasteiger charge is 2.00. The summed E-state index contributed by atoms with van der Waals surface area (Å²) < 4.78 is 0. The molecule has 0 fully saturated rings. The zero-order valence-electron chi connectivity index (χ0n) is 8.64. The van der Waals surface area contributed by atoms with Gasteiger partial charge in [0.1, 0.15) is 0 Å². The molecule has 0 amide bonds. The molecule has 4 heteroatoms. The van der Waals surface area contributed by atoms with Gasteiger partial charge in [-0.3, -0.25) is 5.43 Å². The van der Waals surface area contributed by atoms with Gasteiger partial charge in [0.2, 0.25) is 0 Å². The zero-order chi connectivity index (χ0) is 11.2. The van der Waals surface area contributed by atoms with Gasteiger partial charge in [-0.15, -0.1) is 0 Å². The van der Waals surface area contributed by atoms with Crippen LogP contribution >= 0.6 is 0 Å². The van der Waals surface area contributed by atoms with Gasteiger partial charge >= 0.3 is 0 Å². The third kappa shape index (κ3) is 2.36. The lowest BCUT2D eigenvalue weighted by molar-refractivity contribution is 1.06. The van der Waals surface area contributed by atoms with Crippen LogP contribution in [-0.4, -0.2) is 0 Å². The highest BCUT2D eigenvalue weighted by molar-refractivity contribution is 5.73. The van der Waals surface area contributed by atoms with E-state index in [0.29, 0.717) is 0 Å². The zero-order valence-corrected chi connectivity index (χ0v) is 8.64. The van der Waals surface area contributed by atoms with E-state index in [9.17, 15) is 0 Å². The Kier molecular flexibility index (Phi) is 3.13. The normalized spacial score (nSPS) is 9.50. The molecule has 0 aliphatic rings. The molecule has 4 nitrogen and oxygen atoms in total. The van der Waals surface area contributed by atoms with Crippen LogP contribution < -0.4 is 10.7 Å². The summed E-state index contributed by atoms with van der Waals surface area (Å²) in [5.74, 6) is 0. The standard InChI is InChI=1S/C12H12N4/c13-16-15-12-9-5-4-8-11(12)14-10-6-2-1-3-7-10/h1-9,14H,(H2,13,15). The SMILES string of the molecule is N=NNc1ccccc1Nc1ccccc1. The van der Waals surface area contributed by atoms with Crippen molar-refractivity contribution in [2.75, 3.05) is 10.7 Å². The summed E-state index contributed by atoms with van der Waals surface area (Å²) in [4.78, 5) is 0. The fourth-order valence-electron chi connectivity index (χ4n) is 1.43. The number of benzene rings is 2. The third-order valence-corrected chi connectivity index (χ3v) is 2.16. The number of nitrogens with zero attached hydrogens (tertiary/aromatic N) is 1. The Hall–Kier alpha value is -2.36. The van der Waals surface area contributed by atoms with E-state index in [0.717, 1.165) is 17.1 Å². The highest BCUT2D eigenvalue weighted by Crippen LogP contribution is 2.24. The van der Waals surface area contributed by atoms with E-state index in [1.165, 1.54) is 0 Å². The van der Waals surface area contributed by atoms with Crippen molar-refractivity contribution in [2.45, 2.75) is 0 Å².